The highest BCUT2D eigenvalue weighted by atomic mass is 16.6. The van der Waals surface area contributed by atoms with Gasteiger partial charge in [-0.1, -0.05) is 30.3 Å². The lowest BCUT2D eigenvalue weighted by molar-refractivity contribution is -0.608. The van der Waals surface area contributed by atoms with Gasteiger partial charge in [-0.3, -0.25) is 0 Å². The highest BCUT2D eigenvalue weighted by Gasteiger charge is 2.26. The van der Waals surface area contributed by atoms with E-state index >= 15 is 0 Å². The second-order valence-corrected chi connectivity index (χ2v) is 5.45. The van der Waals surface area contributed by atoms with Crippen LogP contribution in [-0.2, 0) is 11.3 Å². The van der Waals surface area contributed by atoms with E-state index in [1.807, 2.05) is 18.2 Å². The molecule has 144 valence electrons. The minimum absolute atomic E-state index is 0.0114. The van der Waals surface area contributed by atoms with Gasteiger partial charge in [0.15, 0.2) is 6.20 Å². The van der Waals surface area contributed by atoms with Crippen LogP contribution in [0.4, 0.5) is 0 Å². The van der Waals surface area contributed by atoms with Crippen molar-refractivity contribution >= 4 is 5.97 Å². The Morgan fingerprint density at radius 1 is 1.04 bits per heavy atom. The molecule has 0 aliphatic heterocycles. The Labute approximate surface area is 160 Å². The summed E-state index contributed by atoms with van der Waals surface area (Å²) < 4.78 is 21.2. The van der Waals surface area contributed by atoms with Crippen LogP contribution in [-0.4, -0.2) is 30.2 Å². The lowest BCUT2D eigenvalue weighted by Crippen LogP contribution is -2.35. The van der Waals surface area contributed by atoms with E-state index in [2.05, 4.69) is 9.97 Å². The van der Waals surface area contributed by atoms with Crippen molar-refractivity contribution in [3.63, 3.8) is 0 Å². The van der Waals surface area contributed by atoms with Gasteiger partial charge in [0, 0.05) is 6.07 Å². The number of carbonyl (C=O) groups is 1. The number of ether oxygens (including phenoxy) is 4. The molecule has 0 aliphatic rings. The summed E-state index contributed by atoms with van der Waals surface area (Å²) >= 11 is 0. The molecular formula is C19H17N3O6. The molecule has 0 aliphatic carbocycles. The highest BCUT2D eigenvalue weighted by molar-refractivity contribution is 5.88. The second kappa shape index (κ2) is 8.67. The number of nitrogens with zero attached hydrogens (tertiary/aromatic N) is 3. The zero-order valence-corrected chi connectivity index (χ0v) is 15.2. The summed E-state index contributed by atoms with van der Waals surface area (Å²) in [5.41, 5.74) is 0.455. The molecule has 0 saturated carbocycles. The molecule has 0 saturated heterocycles. The van der Waals surface area contributed by atoms with Gasteiger partial charge in [0.2, 0.25) is 17.5 Å². The normalized spacial score (nSPS) is 10.2. The number of hydrogen-bond donors (Lipinski definition) is 0. The summed E-state index contributed by atoms with van der Waals surface area (Å²) in [6.07, 6.45) is 1.17. The monoisotopic (exact) mass is 383 g/mol. The van der Waals surface area contributed by atoms with E-state index in [9.17, 15) is 10.0 Å². The molecule has 3 rings (SSSR count). The van der Waals surface area contributed by atoms with Gasteiger partial charge >= 0.3 is 17.7 Å². The van der Waals surface area contributed by atoms with E-state index in [-0.39, 0.29) is 35.8 Å². The van der Waals surface area contributed by atoms with Crippen LogP contribution in [0.5, 0.6) is 23.5 Å². The van der Waals surface area contributed by atoms with Crippen molar-refractivity contribution < 1.29 is 28.5 Å². The molecule has 0 unspecified atom stereocenters. The zero-order valence-electron chi connectivity index (χ0n) is 15.2. The fourth-order valence-corrected chi connectivity index (χ4v) is 2.27. The van der Waals surface area contributed by atoms with Crippen LogP contribution in [0, 0.1) is 5.21 Å². The molecule has 3 aromatic rings. The number of benzene rings is 1. The van der Waals surface area contributed by atoms with Gasteiger partial charge in [0.25, 0.3) is 0 Å². The van der Waals surface area contributed by atoms with Gasteiger partial charge < -0.3 is 24.2 Å². The first-order chi connectivity index (χ1) is 13.6. The minimum Gasteiger partial charge on any atom is -0.618 e. The Morgan fingerprint density at radius 2 is 1.71 bits per heavy atom. The predicted octanol–water partition coefficient (Wildman–Crippen LogP) is 2.28. The summed E-state index contributed by atoms with van der Waals surface area (Å²) in [7, 11) is 2.85. The van der Waals surface area contributed by atoms with Crippen molar-refractivity contribution in [3.05, 3.63) is 71.2 Å². The number of aromatic nitrogens is 3. The van der Waals surface area contributed by atoms with Crippen LogP contribution in [0.25, 0.3) is 0 Å². The number of pyridine rings is 1. The number of rotatable bonds is 7. The Morgan fingerprint density at radius 3 is 2.36 bits per heavy atom. The topological polar surface area (TPSA) is 107 Å². The molecule has 1 aromatic carbocycles. The Balaban J connectivity index is 1.85. The van der Waals surface area contributed by atoms with E-state index in [1.54, 1.807) is 12.1 Å². The number of carbonyl (C=O) groups excluding carboxylic acids is 1. The van der Waals surface area contributed by atoms with E-state index in [1.165, 1.54) is 38.6 Å². The van der Waals surface area contributed by atoms with Crippen molar-refractivity contribution in [2.45, 2.75) is 6.61 Å². The Hall–Kier alpha value is -3.88. The van der Waals surface area contributed by atoms with Crippen molar-refractivity contribution in [3.8, 4) is 23.5 Å². The number of esters is 1. The fourth-order valence-electron chi connectivity index (χ4n) is 2.27. The first kappa shape index (κ1) is 18.9. The average molecular weight is 383 g/mol. The van der Waals surface area contributed by atoms with E-state index in [0.29, 0.717) is 4.73 Å². The molecule has 0 spiro atoms. The third-order valence-corrected chi connectivity index (χ3v) is 3.61. The summed E-state index contributed by atoms with van der Waals surface area (Å²) in [5, 5.41) is 12.2. The van der Waals surface area contributed by atoms with Crippen LogP contribution in [0.15, 0.2) is 54.7 Å². The summed E-state index contributed by atoms with van der Waals surface area (Å²) in [4.78, 5) is 20.5. The SMILES string of the molecule is COc1cc(OC)nc(Oc2ccc[n+]([O-])c2C(=O)OCc2ccccc2)n1. The summed E-state index contributed by atoms with van der Waals surface area (Å²) in [6.45, 7) is 0.0114. The molecule has 0 atom stereocenters. The Kier molecular flexibility index (Phi) is 5.85. The van der Waals surface area contributed by atoms with E-state index in [4.69, 9.17) is 18.9 Å². The van der Waals surface area contributed by atoms with Crippen LogP contribution >= 0.6 is 0 Å². The van der Waals surface area contributed by atoms with Crippen molar-refractivity contribution in [2.75, 3.05) is 14.2 Å². The van der Waals surface area contributed by atoms with E-state index < -0.39 is 5.97 Å². The summed E-state index contributed by atoms with van der Waals surface area (Å²) in [5.74, 6) is -0.517. The van der Waals surface area contributed by atoms with Crippen LogP contribution < -0.4 is 18.9 Å². The van der Waals surface area contributed by atoms with Crippen molar-refractivity contribution in [1.82, 2.24) is 9.97 Å². The fraction of sp³-hybridized carbons (Fsp3) is 0.158. The first-order valence-electron chi connectivity index (χ1n) is 8.19. The quantitative estimate of drug-likeness (QED) is 0.347. The molecule has 2 heterocycles. The van der Waals surface area contributed by atoms with Gasteiger partial charge in [-0.05, 0) is 11.6 Å². The molecule has 0 radical (unpaired) electrons. The molecular weight excluding hydrogens is 366 g/mol. The zero-order chi connectivity index (χ0) is 19.9. The van der Waals surface area contributed by atoms with Gasteiger partial charge in [-0.2, -0.15) is 14.7 Å². The first-order valence-corrected chi connectivity index (χ1v) is 8.19. The number of hydrogen-bond acceptors (Lipinski definition) is 8. The molecule has 0 N–H and O–H groups in total. The predicted molar refractivity (Wildman–Crippen MR) is 96.2 cm³/mol. The van der Waals surface area contributed by atoms with Crippen LogP contribution in [0.1, 0.15) is 16.1 Å². The third kappa shape index (κ3) is 4.44. The third-order valence-electron chi connectivity index (χ3n) is 3.61. The maximum Gasteiger partial charge on any atom is 0.409 e. The molecule has 0 bridgehead atoms. The van der Waals surface area contributed by atoms with Crippen LogP contribution in [0.3, 0.4) is 0 Å². The highest BCUT2D eigenvalue weighted by Crippen LogP contribution is 2.25. The molecule has 9 nitrogen and oxygen atoms in total. The summed E-state index contributed by atoms with van der Waals surface area (Å²) in [6, 6.07) is 13.3. The van der Waals surface area contributed by atoms with Crippen molar-refractivity contribution in [1.29, 1.82) is 0 Å². The average Bonchev–Trinajstić information content (AvgIpc) is 2.72. The van der Waals surface area contributed by atoms with Crippen LogP contribution in [0.2, 0.25) is 0 Å². The molecule has 0 fully saturated rings. The van der Waals surface area contributed by atoms with E-state index in [0.717, 1.165) is 5.56 Å². The molecule has 0 amide bonds. The molecule has 9 heteroatoms. The number of methoxy groups -OCH3 is 2. The maximum absolute atomic E-state index is 12.5. The largest absolute Gasteiger partial charge is 0.618 e. The standard InChI is InChI=1S/C19H17N3O6/c1-25-15-11-16(26-2)21-19(20-15)28-14-9-6-10-22(24)17(14)18(23)27-12-13-7-4-3-5-8-13/h3-11H,12H2,1-2H3. The lowest BCUT2D eigenvalue weighted by Gasteiger charge is -2.11. The molecule has 28 heavy (non-hydrogen) atoms. The van der Waals surface area contributed by atoms with Crippen molar-refractivity contribution in [2.24, 2.45) is 0 Å². The van der Waals surface area contributed by atoms with Gasteiger partial charge in [0.05, 0.1) is 20.3 Å². The van der Waals surface area contributed by atoms with Gasteiger partial charge in [0.1, 0.15) is 6.61 Å². The lowest BCUT2D eigenvalue weighted by atomic mass is 10.2. The van der Waals surface area contributed by atoms with Gasteiger partial charge in [-0.25, -0.2) is 4.79 Å². The van der Waals surface area contributed by atoms with Gasteiger partial charge in [-0.15, -0.1) is 0 Å². The molecule has 2 aromatic heterocycles. The maximum atomic E-state index is 12.5. The smallest absolute Gasteiger partial charge is 0.409 e. The Bertz CT molecular complexity index is 943. The minimum atomic E-state index is -0.843. The second-order valence-electron chi connectivity index (χ2n) is 5.45.